The van der Waals surface area contributed by atoms with E-state index in [4.69, 9.17) is 0 Å². The van der Waals surface area contributed by atoms with Gasteiger partial charge in [0.05, 0.1) is 5.69 Å². The fourth-order valence-corrected chi connectivity index (χ4v) is 2.50. The van der Waals surface area contributed by atoms with Gasteiger partial charge in [-0.25, -0.2) is 0 Å². The van der Waals surface area contributed by atoms with Crippen LogP contribution in [0.15, 0.2) is 26.6 Å². The summed E-state index contributed by atoms with van der Waals surface area (Å²) >= 11 is 8.26. The highest BCUT2D eigenvalue weighted by atomic mass is 79.9. The van der Waals surface area contributed by atoms with Gasteiger partial charge in [-0.2, -0.15) is 0 Å². The lowest BCUT2D eigenvalue weighted by molar-refractivity contribution is 1.07. The molecule has 0 unspecified atom stereocenters. The number of benzene rings is 1. The molecule has 0 atom stereocenters. The fraction of sp³-hybridized carbons (Fsp3) is 0.111. The number of aryl methyl sites for hydroxylation is 1. The van der Waals surface area contributed by atoms with Crippen molar-refractivity contribution in [2.24, 2.45) is 0 Å². The number of rotatable bonds is 2. The van der Waals surface area contributed by atoms with E-state index in [-0.39, 0.29) is 0 Å². The van der Waals surface area contributed by atoms with E-state index in [0.717, 1.165) is 19.2 Å². The number of nitrogens with one attached hydrogen (secondary N) is 1. The summed E-state index contributed by atoms with van der Waals surface area (Å²) in [6, 6.07) is 6.04. The van der Waals surface area contributed by atoms with Crippen molar-refractivity contribution in [3.8, 4) is 0 Å². The van der Waals surface area contributed by atoms with Crippen LogP contribution in [0, 0.1) is 6.92 Å². The van der Waals surface area contributed by atoms with Crippen molar-refractivity contribution in [1.82, 2.24) is 10.2 Å². The van der Waals surface area contributed by atoms with E-state index in [2.05, 4.69) is 47.4 Å². The van der Waals surface area contributed by atoms with Gasteiger partial charge in [-0.3, -0.25) is 0 Å². The number of hydrogen-bond acceptors (Lipinski definition) is 4. The molecule has 0 saturated carbocycles. The summed E-state index contributed by atoms with van der Waals surface area (Å²) in [6.07, 6.45) is 0. The molecule has 0 aliphatic carbocycles. The quantitative estimate of drug-likeness (QED) is 0.887. The minimum atomic E-state index is 0.771. The van der Waals surface area contributed by atoms with E-state index in [1.807, 2.05) is 25.1 Å². The average Bonchev–Trinajstić information content (AvgIpc) is 2.59. The second kappa shape index (κ2) is 4.59. The first-order valence-electron chi connectivity index (χ1n) is 4.18. The van der Waals surface area contributed by atoms with Crippen molar-refractivity contribution in [2.75, 3.05) is 5.32 Å². The van der Waals surface area contributed by atoms with Gasteiger partial charge in [-0.1, -0.05) is 23.5 Å². The maximum Gasteiger partial charge on any atom is 0.210 e. The Morgan fingerprint density at radius 2 is 2.07 bits per heavy atom. The third kappa shape index (κ3) is 2.56. The first-order chi connectivity index (χ1) is 7.16. The minimum Gasteiger partial charge on any atom is -0.329 e. The third-order valence-corrected chi connectivity index (χ3v) is 4.16. The highest BCUT2D eigenvalue weighted by molar-refractivity contribution is 9.11. The van der Waals surface area contributed by atoms with E-state index >= 15 is 0 Å². The molecule has 1 heterocycles. The lowest BCUT2D eigenvalue weighted by atomic mass is 10.2. The van der Waals surface area contributed by atoms with E-state index < -0.39 is 0 Å². The summed E-state index contributed by atoms with van der Waals surface area (Å²) in [6.45, 7) is 2.05. The van der Waals surface area contributed by atoms with E-state index in [9.17, 15) is 0 Å². The first kappa shape index (κ1) is 11.0. The summed E-state index contributed by atoms with van der Waals surface area (Å²) in [5.74, 6) is 0. The molecule has 0 radical (unpaired) electrons. The minimum absolute atomic E-state index is 0.771. The number of halogens is 2. The molecule has 1 aromatic carbocycles. The van der Waals surface area contributed by atoms with E-state index in [1.165, 1.54) is 16.9 Å². The molecule has 0 aliphatic rings. The number of nitrogens with zero attached hydrogens (tertiary/aromatic N) is 2. The Labute approximate surface area is 108 Å². The molecule has 0 spiro atoms. The van der Waals surface area contributed by atoms with Gasteiger partial charge in [0.15, 0.2) is 3.92 Å². The van der Waals surface area contributed by atoms with Crippen LogP contribution in [0.5, 0.6) is 0 Å². The normalized spacial score (nSPS) is 10.3. The predicted octanol–water partition coefficient (Wildman–Crippen LogP) is 4.12. The Balaban J connectivity index is 2.28. The molecule has 1 aromatic heterocycles. The molecule has 6 heteroatoms. The zero-order valence-electron chi connectivity index (χ0n) is 7.79. The van der Waals surface area contributed by atoms with Gasteiger partial charge in [0.25, 0.3) is 0 Å². The monoisotopic (exact) mass is 347 g/mol. The maximum absolute atomic E-state index is 3.97. The lowest BCUT2D eigenvalue weighted by Gasteiger charge is -2.06. The molecular formula is C9H7Br2N3S. The molecule has 0 amide bonds. The largest absolute Gasteiger partial charge is 0.329 e. The molecule has 0 aliphatic heterocycles. The van der Waals surface area contributed by atoms with Crippen molar-refractivity contribution < 1.29 is 0 Å². The molecule has 0 fully saturated rings. The van der Waals surface area contributed by atoms with Crippen LogP contribution in [0.1, 0.15) is 5.56 Å². The van der Waals surface area contributed by atoms with Crippen LogP contribution in [0.25, 0.3) is 0 Å². The smallest absolute Gasteiger partial charge is 0.210 e. The van der Waals surface area contributed by atoms with Gasteiger partial charge in [0.2, 0.25) is 5.13 Å². The standard InChI is InChI=1S/C9H7Br2N3S/c1-5-3-2-4-6(7(5)10)12-9-14-13-8(11)15-9/h2-4H,1H3,(H,12,14). The van der Waals surface area contributed by atoms with E-state index in [0.29, 0.717) is 0 Å². The first-order valence-corrected chi connectivity index (χ1v) is 6.58. The predicted molar refractivity (Wildman–Crippen MR) is 69.8 cm³/mol. The summed E-state index contributed by atoms with van der Waals surface area (Å²) in [5, 5.41) is 11.8. The average molecular weight is 349 g/mol. The molecule has 0 saturated heterocycles. The zero-order valence-corrected chi connectivity index (χ0v) is 11.8. The van der Waals surface area contributed by atoms with Gasteiger partial charge in [0.1, 0.15) is 0 Å². The second-order valence-electron chi connectivity index (χ2n) is 2.92. The van der Waals surface area contributed by atoms with Gasteiger partial charge < -0.3 is 5.32 Å². The van der Waals surface area contributed by atoms with Gasteiger partial charge in [-0.05, 0) is 50.4 Å². The Hall–Kier alpha value is -0.460. The van der Waals surface area contributed by atoms with Crippen LogP contribution < -0.4 is 5.32 Å². The van der Waals surface area contributed by atoms with Gasteiger partial charge in [0, 0.05) is 4.47 Å². The number of anilines is 2. The highest BCUT2D eigenvalue weighted by Crippen LogP contribution is 2.30. The molecule has 0 bridgehead atoms. The molecule has 2 aromatic rings. The van der Waals surface area contributed by atoms with Crippen LogP contribution in [0.2, 0.25) is 0 Å². The summed E-state index contributed by atoms with van der Waals surface area (Å²) in [7, 11) is 0. The topological polar surface area (TPSA) is 37.8 Å². The highest BCUT2D eigenvalue weighted by Gasteiger charge is 2.05. The van der Waals surface area contributed by atoms with Crippen LogP contribution in [-0.4, -0.2) is 10.2 Å². The third-order valence-electron chi connectivity index (χ3n) is 1.83. The SMILES string of the molecule is Cc1cccc(Nc2nnc(Br)s2)c1Br. The molecule has 2 rings (SSSR count). The van der Waals surface area contributed by atoms with Crippen LogP contribution in [-0.2, 0) is 0 Å². The van der Waals surface area contributed by atoms with Crippen molar-refractivity contribution in [2.45, 2.75) is 6.92 Å². The Kier molecular flexibility index (Phi) is 3.38. The molecule has 1 N–H and O–H groups in total. The van der Waals surface area contributed by atoms with Crippen LogP contribution in [0.3, 0.4) is 0 Å². The van der Waals surface area contributed by atoms with Crippen LogP contribution >= 0.6 is 43.2 Å². The zero-order chi connectivity index (χ0) is 10.8. The Bertz CT molecular complexity index is 484. The maximum atomic E-state index is 3.97. The fourth-order valence-electron chi connectivity index (χ4n) is 1.12. The van der Waals surface area contributed by atoms with Crippen molar-refractivity contribution in [3.63, 3.8) is 0 Å². The summed E-state index contributed by atoms with van der Waals surface area (Å²) in [5.41, 5.74) is 2.18. The lowest BCUT2D eigenvalue weighted by Crippen LogP contribution is -1.91. The Morgan fingerprint density at radius 3 is 2.73 bits per heavy atom. The molecule has 3 nitrogen and oxygen atoms in total. The van der Waals surface area contributed by atoms with E-state index in [1.54, 1.807) is 0 Å². The second-order valence-corrected chi connectivity index (χ2v) is 5.97. The molecule has 78 valence electrons. The van der Waals surface area contributed by atoms with Gasteiger partial charge in [-0.15, -0.1) is 10.2 Å². The van der Waals surface area contributed by atoms with Crippen molar-refractivity contribution in [1.29, 1.82) is 0 Å². The molecular weight excluding hydrogens is 342 g/mol. The van der Waals surface area contributed by atoms with Crippen molar-refractivity contribution >= 4 is 54.0 Å². The van der Waals surface area contributed by atoms with Gasteiger partial charge >= 0.3 is 0 Å². The summed E-state index contributed by atoms with van der Waals surface area (Å²) < 4.78 is 1.82. The van der Waals surface area contributed by atoms with Crippen molar-refractivity contribution in [3.05, 3.63) is 32.2 Å². The van der Waals surface area contributed by atoms with Crippen LogP contribution in [0.4, 0.5) is 10.8 Å². The Morgan fingerprint density at radius 1 is 1.27 bits per heavy atom. The number of aromatic nitrogens is 2. The number of hydrogen-bond donors (Lipinski definition) is 1. The summed E-state index contributed by atoms with van der Waals surface area (Å²) in [4.78, 5) is 0. The molecule has 15 heavy (non-hydrogen) atoms.